The van der Waals surface area contributed by atoms with E-state index in [1.54, 1.807) is 14.2 Å². The quantitative estimate of drug-likeness (QED) is 0.0600. The topological polar surface area (TPSA) is 108 Å². The Kier molecular flexibility index (Phi) is 20.2. The lowest BCUT2D eigenvalue weighted by atomic mass is 10.0. The molecule has 2 rings (SSSR count). The van der Waals surface area contributed by atoms with E-state index in [0.717, 1.165) is 72.3 Å². The molecule has 0 bridgehead atoms. The predicted octanol–water partition coefficient (Wildman–Crippen LogP) is 7.47. The van der Waals surface area contributed by atoms with Gasteiger partial charge in [-0.15, -0.1) is 0 Å². The molecular formula is C38H54O10. The van der Waals surface area contributed by atoms with Crippen LogP contribution in [0.1, 0.15) is 80.5 Å². The van der Waals surface area contributed by atoms with Crippen molar-refractivity contribution in [2.45, 2.75) is 65.2 Å². The molecule has 10 nitrogen and oxygen atoms in total. The van der Waals surface area contributed by atoms with E-state index >= 15 is 0 Å². The minimum Gasteiger partial charge on any atom is -0.493 e. The number of methoxy groups -OCH3 is 4. The van der Waals surface area contributed by atoms with Crippen molar-refractivity contribution in [2.24, 2.45) is 0 Å². The van der Waals surface area contributed by atoms with Gasteiger partial charge in [0.1, 0.15) is 36.2 Å². The number of rotatable bonds is 25. The maximum Gasteiger partial charge on any atom is 0.305 e. The lowest BCUT2D eigenvalue weighted by Gasteiger charge is -2.16. The number of carbonyl (C=O) groups excluding carboxylic acids is 2. The summed E-state index contributed by atoms with van der Waals surface area (Å²) in [5.41, 5.74) is 3.52. The van der Waals surface area contributed by atoms with E-state index in [-0.39, 0.29) is 11.9 Å². The Morgan fingerprint density at radius 1 is 0.521 bits per heavy atom. The molecule has 10 heteroatoms. The van der Waals surface area contributed by atoms with Crippen LogP contribution in [0.4, 0.5) is 0 Å². The fraction of sp³-hybridized carbons (Fsp3) is 0.526. The molecule has 0 spiro atoms. The van der Waals surface area contributed by atoms with Gasteiger partial charge in [-0.25, -0.2) is 0 Å². The third-order valence-electron chi connectivity index (χ3n) is 7.35. The molecule has 0 heterocycles. The van der Waals surface area contributed by atoms with E-state index in [4.69, 9.17) is 37.9 Å². The highest BCUT2D eigenvalue weighted by Crippen LogP contribution is 2.34. The molecule has 0 saturated carbocycles. The average molecular weight is 671 g/mol. The number of aryl methyl sites for hydroxylation is 1. The van der Waals surface area contributed by atoms with E-state index in [1.165, 1.54) is 14.2 Å². The van der Waals surface area contributed by atoms with Gasteiger partial charge in [-0.2, -0.15) is 0 Å². The van der Waals surface area contributed by atoms with Gasteiger partial charge < -0.3 is 37.9 Å². The lowest BCUT2D eigenvalue weighted by Crippen LogP contribution is -2.08. The first-order chi connectivity index (χ1) is 23.4. The van der Waals surface area contributed by atoms with Crippen molar-refractivity contribution in [2.75, 3.05) is 68.1 Å². The summed E-state index contributed by atoms with van der Waals surface area (Å²) in [6.07, 6.45) is 13.6. The standard InChI is InChI=1S/C38H54O10/c1-7-14-30-27-36(48-24-22-42-4)32(28-35(30)47-23-21-41-3)18-17-31-26-33(45-19-12-8-10-15-37(39)43-5)29(2)25-34(31)46-20-13-9-11-16-38(40)44-6/h7,14,17-18,25-28H,8-13,15-16,19-24H2,1-6H3/b14-7+,18-17+. The van der Waals surface area contributed by atoms with E-state index in [1.807, 2.05) is 62.4 Å². The number of unbranched alkanes of at least 4 members (excludes halogenated alkanes) is 4. The summed E-state index contributed by atoms with van der Waals surface area (Å²) in [6, 6.07) is 7.91. The number of benzene rings is 2. The van der Waals surface area contributed by atoms with Gasteiger partial charge in [0.2, 0.25) is 0 Å². The lowest BCUT2D eigenvalue weighted by molar-refractivity contribution is -0.141. The highest BCUT2D eigenvalue weighted by atomic mass is 16.5. The third kappa shape index (κ3) is 15.3. The van der Waals surface area contributed by atoms with E-state index in [9.17, 15) is 9.59 Å². The number of allylic oxidation sites excluding steroid dienone is 1. The summed E-state index contributed by atoms with van der Waals surface area (Å²) in [6.45, 7) is 6.70. The van der Waals surface area contributed by atoms with Crippen molar-refractivity contribution in [1.29, 1.82) is 0 Å². The van der Waals surface area contributed by atoms with E-state index in [0.29, 0.717) is 64.0 Å². The summed E-state index contributed by atoms with van der Waals surface area (Å²) in [5, 5.41) is 0. The van der Waals surface area contributed by atoms with Gasteiger partial charge in [-0.1, -0.05) is 24.3 Å². The molecule has 0 aliphatic heterocycles. The Balaban J connectivity index is 2.36. The number of ether oxygens (including phenoxy) is 8. The Bertz CT molecular complexity index is 1300. The van der Waals surface area contributed by atoms with Gasteiger partial charge in [-0.3, -0.25) is 9.59 Å². The first kappa shape index (κ1) is 40.2. The maximum absolute atomic E-state index is 11.4. The number of esters is 2. The van der Waals surface area contributed by atoms with Gasteiger partial charge in [0, 0.05) is 43.8 Å². The number of hydrogen-bond donors (Lipinski definition) is 0. The van der Waals surface area contributed by atoms with Crippen molar-refractivity contribution in [3.63, 3.8) is 0 Å². The van der Waals surface area contributed by atoms with Crippen molar-refractivity contribution in [1.82, 2.24) is 0 Å². The molecule has 48 heavy (non-hydrogen) atoms. The molecule has 0 atom stereocenters. The molecule has 266 valence electrons. The highest BCUT2D eigenvalue weighted by Gasteiger charge is 2.13. The van der Waals surface area contributed by atoms with Crippen LogP contribution in [0, 0.1) is 6.92 Å². The molecular weight excluding hydrogens is 616 g/mol. The van der Waals surface area contributed by atoms with Gasteiger partial charge in [0.15, 0.2) is 0 Å². The monoisotopic (exact) mass is 670 g/mol. The number of hydrogen-bond acceptors (Lipinski definition) is 10. The molecule has 2 aromatic rings. The van der Waals surface area contributed by atoms with Crippen molar-refractivity contribution in [3.8, 4) is 23.0 Å². The molecule has 0 aliphatic carbocycles. The fourth-order valence-electron chi connectivity index (χ4n) is 4.68. The second-order valence-electron chi connectivity index (χ2n) is 11.1. The second kappa shape index (κ2) is 24.2. The summed E-state index contributed by atoms with van der Waals surface area (Å²) in [7, 11) is 6.09. The first-order valence-corrected chi connectivity index (χ1v) is 16.6. The fourth-order valence-corrected chi connectivity index (χ4v) is 4.68. The Morgan fingerprint density at radius 3 is 1.40 bits per heavy atom. The van der Waals surface area contributed by atoms with Crippen LogP contribution in [0.5, 0.6) is 23.0 Å². The van der Waals surface area contributed by atoms with Gasteiger partial charge in [0.05, 0.1) is 40.6 Å². The maximum atomic E-state index is 11.4. The van der Waals surface area contributed by atoms with Gasteiger partial charge in [-0.05, 0) is 82.2 Å². The summed E-state index contributed by atoms with van der Waals surface area (Å²) >= 11 is 0. The van der Waals surface area contributed by atoms with Crippen LogP contribution < -0.4 is 18.9 Å². The molecule has 2 aromatic carbocycles. The normalized spacial score (nSPS) is 11.2. The highest BCUT2D eigenvalue weighted by molar-refractivity contribution is 5.78. The van der Waals surface area contributed by atoms with Crippen molar-refractivity contribution >= 4 is 30.2 Å². The SMILES string of the molecule is C/C=C/c1cc(OCCOC)c(/C=C/c2cc(OCCCCCC(=O)OC)c(C)cc2OCCCCCC(=O)OC)cc1OCCOC. The third-order valence-corrected chi connectivity index (χ3v) is 7.35. The number of carbonyl (C=O) groups is 2. The molecule has 0 amide bonds. The zero-order valence-corrected chi connectivity index (χ0v) is 29.6. The largest absolute Gasteiger partial charge is 0.493 e. The van der Waals surface area contributed by atoms with E-state index < -0.39 is 0 Å². The summed E-state index contributed by atoms with van der Waals surface area (Å²) in [5.74, 6) is 2.50. The van der Waals surface area contributed by atoms with Crippen LogP contribution >= 0.6 is 0 Å². The molecule has 0 aliphatic rings. The van der Waals surface area contributed by atoms with Crippen LogP contribution in [-0.2, 0) is 28.5 Å². The average Bonchev–Trinajstić information content (AvgIpc) is 3.09. The Morgan fingerprint density at radius 2 is 0.938 bits per heavy atom. The van der Waals surface area contributed by atoms with Crippen LogP contribution in [0.25, 0.3) is 18.2 Å². The van der Waals surface area contributed by atoms with Gasteiger partial charge in [0.25, 0.3) is 0 Å². The van der Waals surface area contributed by atoms with Crippen LogP contribution in [0.2, 0.25) is 0 Å². The zero-order valence-electron chi connectivity index (χ0n) is 29.6. The minimum absolute atomic E-state index is 0.195. The smallest absolute Gasteiger partial charge is 0.305 e. The second-order valence-corrected chi connectivity index (χ2v) is 11.1. The van der Waals surface area contributed by atoms with Crippen molar-refractivity contribution < 1.29 is 47.5 Å². The molecule has 0 saturated heterocycles. The summed E-state index contributed by atoms with van der Waals surface area (Å²) < 4.78 is 44.5. The van der Waals surface area contributed by atoms with Gasteiger partial charge >= 0.3 is 11.9 Å². The molecule has 0 unspecified atom stereocenters. The first-order valence-electron chi connectivity index (χ1n) is 16.6. The van der Waals surface area contributed by atoms with Crippen molar-refractivity contribution in [3.05, 3.63) is 52.6 Å². The molecule has 0 aromatic heterocycles. The molecule has 0 radical (unpaired) electrons. The Labute approximate surface area is 286 Å². The van der Waals surface area contributed by atoms with E-state index in [2.05, 4.69) is 0 Å². The zero-order chi connectivity index (χ0) is 35.0. The summed E-state index contributed by atoms with van der Waals surface area (Å²) in [4.78, 5) is 22.8. The minimum atomic E-state index is -0.199. The van der Waals surface area contributed by atoms with Crippen LogP contribution in [0.3, 0.4) is 0 Å². The van der Waals surface area contributed by atoms with Crippen LogP contribution in [0.15, 0.2) is 30.3 Å². The Hall–Kier alpha value is -4.02. The molecule has 0 N–H and O–H groups in total. The molecule has 0 fully saturated rings. The van der Waals surface area contributed by atoms with Crippen LogP contribution in [-0.4, -0.2) is 80.0 Å². The predicted molar refractivity (Wildman–Crippen MR) is 188 cm³/mol.